The van der Waals surface area contributed by atoms with Crippen LogP contribution in [-0.2, 0) is 0 Å². The first kappa shape index (κ1) is 13.5. The van der Waals surface area contributed by atoms with E-state index in [0.717, 1.165) is 28.6 Å². The van der Waals surface area contributed by atoms with Crippen LogP contribution in [0.4, 0.5) is 5.69 Å². The minimum atomic E-state index is 0.449. The smallest absolute Gasteiger partial charge is 0.143 e. The van der Waals surface area contributed by atoms with Crippen LogP contribution >= 0.6 is 11.6 Å². The Bertz CT molecular complexity index is 423. The molecule has 1 aromatic carbocycles. The van der Waals surface area contributed by atoms with Crippen LogP contribution in [0.3, 0.4) is 0 Å². The van der Waals surface area contributed by atoms with Crippen LogP contribution in [0.25, 0.3) is 0 Å². The van der Waals surface area contributed by atoms with E-state index in [9.17, 15) is 0 Å². The summed E-state index contributed by atoms with van der Waals surface area (Å²) in [7, 11) is 1.67. The predicted molar refractivity (Wildman–Crippen MR) is 76.5 cm³/mol. The van der Waals surface area contributed by atoms with Crippen molar-refractivity contribution in [3.8, 4) is 5.75 Å². The molecule has 18 heavy (non-hydrogen) atoms. The lowest BCUT2D eigenvalue weighted by Gasteiger charge is -2.22. The molecule has 2 atom stereocenters. The normalized spacial score (nSPS) is 23.1. The molecule has 1 aliphatic rings. The van der Waals surface area contributed by atoms with E-state index in [1.165, 1.54) is 19.3 Å². The molecular weight excluding hydrogens is 248 g/mol. The Balaban J connectivity index is 2.20. The molecule has 0 heterocycles. The first-order valence-corrected chi connectivity index (χ1v) is 6.84. The minimum absolute atomic E-state index is 0.449. The van der Waals surface area contributed by atoms with Crippen molar-refractivity contribution in [2.24, 2.45) is 11.7 Å². The van der Waals surface area contributed by atoms with Gasteiger partial charge in [-0.05, 0) is 43.9 Å². The van der Waals surface area contributed by atoms with Crippen LogP contribution in [0.1, 0.15) is 24.8 Å². The number of hydrogen-bond donors (Lipinski definition) is 2. The number of methoxy groups -OCH3 is 1. The Morgan fingerprint density at radius 2 is 2.22 bits per heavy atom. The third-order valence-electron chi connectivity index (χ3n) is 3.78. The standard InChI is InChI=1S/C14H21ClN2O/c1-9-6-13(14(18-2)7-11(9)15)17-12-5-3-4-10(12)8-16/h6-7,10,12,17H,3-5,8,16H2,1-2H3. The van der Waals surface area contributed by atoms with Crippen LogP contribution in [0, 0.1) is 12.8 Å². The van der Waals surface area contributed by atoms with Crippen molar-refractivity contribution in [3.05, 3.63) is 22.7 Å². The van der Waals surface area contributed by atoms with Gasteiger partial charge >= 0.3 is 0 Å². The van der Waals surface area contributed by atoms with E-state index in [-0.39, 0.29) is 0 Å². The van der Waals surface area contributed by atoms with E-state index in [0.29, 0.717) is 12.0 Å². The summed E-state index contributed by atoms with van der Waals surface area (Å²) in [5, 5.41) is 4.30. The fourth-order valence-electron chi connectivity index (χ4n) is 2.65. The fourth-order valence-corrected chi connectivity index (χ4v) is 2.81. The Labute approximate surface area is 114 Å². The Hall–Kier alpha value is -0.930. The van der Waals surface area contributed by atoms with Gasteiger partial charge in [0.05, 0.1) is 12.8 Å². The zero-order chi connectivity index (χ0) is 13.1. The zero-order valence-electron chi connectivity index (χ0n) is 11.0. The molecule has 100 valence electrons. The number of hydrogen-bond acceptors (Lipinski definition) is 3. The lowest BCUT2D eigenvalue weighted by atomic mass is 10.0. The molecule has 2 unspecified atom stereocenters. The highest BCUT2D eigenvalue weighted by Crippen LogP contribution is 2.34. The Morgan fingerprint density at radius 1 is 1.44 bits per heavy atom. The Kier molecular flexibility index (Phi) is 4.36. The molecule has 0 bridgehead atoms. The number of ether oxygens (including phenoxy) is 1. The number of rotatable bonds is 4. The molecular formula is C14H21ClN2O. The highest BCUT2D eigenvalue weighted by molar-refractivity contribution is 6.31. The topological polar surface area (TPSA) is 47.3 Å². The van der Waals surface area contributed by atoms with Crippen molar-refractivity contribution >= 4 is 17.3 Å². The average molecular weight is 269 g/mol. The number of halogens is 1. The SMILES string of the molecule is COc1cc(Cl)c(C)cc1NC1CCCC1CN. The van der Waals surface area contributed by atoms with Gasteiger partial charge in [0, 0.05) is 17.1 Å². The molecule has 1 saturated carbocycles. The van der Waals surface area contributed by atoms with E-state index in [1.807, 2.05) is 19.1 Å². The van der Waals surface area contributed by atoms with Gasteiger partial charge in [-0.2, -0.15) is 0 Å². The van der Waals surface area contributed by atoms with E-state index in [2.05, 4.69) is 5.32 Å². The van der Waals surface area contributed by atoms with Gasteiger partial charge in [-0.15, -0.1) is 0 Å². The minimum Gasteiger partial charge on any atom is -0.495 e. The van der Waals surface area contributed by atoms with Crippen molar-refractivity contribution in [2.75, 3.05) is 19.0 Å². The first-order valence-electron chi connectivity index (χ1n) is 6.46. The van der Waals surface area contributed by atoms with Crippen LogP contribution < -0.4 is 15.8 Å². The molecule has 0 saturated heterocycles. The van der Waals surface area contributed by atoms with Crippen molar-refractivity contribution in [1.82, 2.24) is 0 Å². The van der Waals surface area contributed by atoms with E-state index in [4.69, 9.17) is 22.1 Å². The van der Waals surface area contributed by atoms with E-state index >= 15 is 0 Å². The molecule has 1 aromatic rings. The second-order valence-corrected chi connectivity index (χ2v) is 5.39. The zero-order valence-corrected chi connectivity index (χ0v) is 11.8. The van der Waals surface area contributed by atoms with Gasteiger partial charge in [0.25, 0.3) is 0 Å². The molecule has 0 radical (unpaired) electrons. The highest BCUT2D eigenvalue weighted by Gasteiger charge is 2.26. The summed E-state index contributed by atoms with van der Waals surface area (Å²) in [6.07, 6.45) is 3.63. The van der Waals surface area contributed by atoms with E-state index in [1.54, 1.807) is 7.11 Å². The molecule has 0 aromatic heterocycles. The van der Waals surface area contributed by atoms with Crippen LogP contribution in [0.2, 0.25) is 5.02 Å². The lowest BCUT2D eigenvalue weighted by molar-refractivity contribution is 0.414. The summed E-state index contributed by atoms with van der Waals surface area (Å²) in [6.45, 7) is 2.74. The van der Waals surface area contributed by atoms with Gasteiger partial charge in [0.2, 0.25) is 0 Å². The largest absolute Gasteiger partial charge is 0.495 e. The monoisotopic (exact) mass is 268 g/mol. The molecule has 4 heteroatoms. The number of nitrogens with one attached hydrogen (secondary N) is 1. The predicted octanol–water partition coefficient (Wildman–Crippen LogP) is 3.20. The quantitative estimate of drug-likeness (QED) is 0.882. The molecule has 0 spiro atoms. The molecule has 3 nitrogen and oxygen atoms in total. The van der Waals surface area contributed by atoms with Crippen LogP contribution in [0.15, 0.2) is 12.1 Å². The first-order chi connectivity index (χ1) is 8.65. The molecule has 3 N–H and O–H groups in total. The third-order valence-corrected chi connectivity index (χ3v) is 4.19. The summed E-state index contributed by atoms with van der Waals surface area (Å²) in [6, 6.07) is 4.36. The lowest BCUT2D eigenvalue weighted by Crippen LogP contribution is -2.29. The summed E-state index contributed by atoms with van der Waals surface area (Å²) >= 11 is 6.11. The average Bonchev–Trinajstić information content (AvgIpc) is 2.80. The van der Waals surface area contributed by atoms with Crippen molar-refractivity contribution in [2.45, 2.75) is 32.2 Å². The maximum absolute atomic E-state index is 6.11. The second-order valence-electron chi connectivity index (χ2n) is 4.98. The van der Waals surface area contributed by atoms with Gasteiger partial charge in [-0.1, -0.05) is 18.0 Å². The third kappa shape index (κ3) is 2.73. The molecule has 1 fully saturated rings. The van der Waals surface area contributed by atoms with Gasteiger partial charge < -0.3 is 15.8 Å². The van der Waals surface area contributed by atoms with Crippen molar-refractivity contribution < 1.29 is 4.74 Å². The maximum atomic E-state index is 6.11. The second kappa shape index (κ2) is 5.81. The molecule has 1 aliphatic carbocycles. The number of anilines is 1. The highest BCUT2D eigenvalue weighted by atomic mass is 35.5. The van der Waals surface area contributed by atoms with Gasteiger partial charge in [-0.3, -0.25) is 0 Å². The summed E-state index contributed by atoms with van der Waals surface area (Å²) in [5.74, 6) is 1.36. The van der Waals surface area contributed by atoms with Crippen LogP contribution in [-0.4, -0.2) is 19.7 Å². The summed E-state index contributed by atoms with van der Waals surface area (Å²) < 4.78 is 5.38. The van der Waals surface area contributed by atoms with Crippen molar-refractivity contribution in [1.29, 1.82) is 0 Å². The number of nitrogens with two attached hydrogens (primary N) is 1. The number of benzene rings is 1. The van der Waals surface area contributed by atoms with Gasteiger partial charge in [-0.25, -0.2) is 0 Å². The van der Waals surface area contributed by atoms with Gasteiger partial charge in [0.15, 0.2) is 0 Å². The summed E-state index contributed by atoms with van der Waals surface area (Å²) in [5.41, 5.74) is 7.89. The molecule has 2 rings (SSSR count). The molecule has 0 amide bonds. The number of aryl methyl sites for hydroxylation is 1. The fraction of sp³-hybridized carbons (Fsp3) is 0.571. The van der Waals surface area contributed by atoms with Gasteiger partial charge in [0.1, 0.15) is 5.75 Å². The maximum Gasteiger partial charge on any atom is 0.143 e. The molecule has 0 aliphatic heterocycles. The Morgan fingerprint density at radius 3 is 2.89 bits per heavy atom. The van der Waals surface area contributed by atoms with Crippen LogP contribution in [0.5, 0.6) is 5.75 Å². The summed E-state index contributed by atoms with van der Waals surface area (Å²) in [4.78, 5) is 0. The van der Waals surface area contributed by atoms with E-state index < -0.39 is 0 Å². The van der Waals surface area contributed by atoms with Crippen molar-refractivity contribution in [3.63, 3.8) is 0 Å².